The average molecular weight is 561 g/mol. The van der Waals surface area contributed by atoms with E-state index in [0.29, 0.717) is 56.5 Å². The lowest BCUT2D eigenvalue weighted by molar-refractivity contribution is -0.555. The predicted molar refractivity (Wildman–Crippen MR) is 131 cm³/mol. The number of aromatic nitrogens is 2. The van der Waals surface area contributed by atoms with Crippen LogP contribution in [0.3, 0.4) is 0 Å². The minimum Gasteiger partial charge on any atom is -0.332 e. The molecule has 35 heavy (non-hydrogen) atoms. The van der Waals surface area contributed by atoms with Gasteiger partial charge in [0.1, 0.15) is 0 Å². The van der Waals surface area contributed by atoms with Gasteiger partial charge in [0.25, 0.3) is 0 Å². The van der Waals surface area contributed by atoms with Crippen molar-refractivity contribution in [1.82, 2.24) is 19.6 Å². The molecule has 0 radical (unpaired) electrons. The van der Waals surface area contributed by atoms with Gasteiger partial charge in [-0.15, -0.1) is 0 Å². The lowest BCUT2D eigenvalue weighted by atomic mass is 10.0. The summed E-state index contributed by atoms with van der Waals surface area (Å²) < 4.78 is 41.2. The van der Waals surface area contributed by atoms with Gasteiger partial charge in [0.05, 0.1) is 12.1 Å². The van der Waals surface area contributed by atoms with Crippen LogP contribution in [0.2, 0.25) is 0 Å². The second-order valence-corrected chi connectivity index (χ2v) is 10.0. The first-order chi connectivity index (χ1) is 16.6. The number of halogens is 4. The molecule has 3 rings (SSSR count). The maximum absolute atomic E-state index is 13.1. The van der Waals surface area contributed by atoms with Crippen molar-refractivity contribution in [3.05, 3.63) is 30.0 Å². The maximum Gasteiger partial charge on any atom is 0.471 e. The minimum absolute atomic E-state index is 0.119. The third-order valence-corrected chi connectivity index (χ3v) is 6.96. The summed E-state index contributed by atoms with van der Waals surface area (Å²) in [5.41, 5.74) is 1.37. The number of likely N-dealkylation sites (tertiary alicyclic amines) is 1. The summed E-state index contributed by atoms with van der Waals surface area (Å²) in [6.45, 7) is 6.52. The van der Waals surface area contributed by atoms with Crippen LogP contribution in [0.25, 0.3) is 10.9 Å². The van der Waals surface area contributed by atoms with Crippen LogP contribution >= 0.6 is 15.9 Å². The molecular formula is C24H34BrF3N5O2+. The number of benzene rings is 1. The lowest BCUT2D eigenvalue weighted by Crippen LogP contribution is -2.89. The van der Waals surface area contributed by atoms with E-state index in [4.69, 9.17) is 0 Å². The number of hydrogen-bond acceptors (Lipinski definition) is 4. The fourth-order valence-corrected chi connectivity index (χ4v) is 4.98. The third kappa shape index (κ3) is 7.04. The van der Waals surface area contributed by atoms with Crippen LogP contribution < -0.4 is 5.32 Å². The molecule has 194 valence electrons. The van der Waals surface area contributed by atoms with Gasteiger partial charge in [-0.1, -0.05) is 34.1 Å². The number of primary amides is 1. The molecule has 1 fully saturated rings. The van der Waals surface area contributed by atoms with Gasteiger partial charge in [-0.25, -0.2) is 4.79 Å². The smallest absolute Gasteiger partial charge is 0.332 e. The Morgan fingerprint density at radius 1 is 1.20 bits per heavy atom. The molecule has 2 heterocycles. The number of fused-ring (bicyclic) bond motifs is 1. The lowest BCUT2D eigenvalue weighted by Gasteiger charge is -2.38. The van der Waals surface area contributed by atoms with E-state index in [1.54, 1.807) is 5.32 Å². The monoisotopic (exact) mass is 560 g/mol. The molecule has 7 nitrogen and oxygen atoms in total. The van der Waals surface area contributed by atoms with Crippen molar-refractivity contribution in [1.29, 1.82) is 0 Å². The van der Waals surface area contributed by atoms with Crippen molar-refractivity contribution in [2.75, 3.05) is 38.1 Å². The van der Waals surface area contributed by atoms with E-state index in [1.807, 2.05) is 42.8 Å². The van der Waals surface area contributed by atoms with Gasteiger partial charge in [0, 0.05) is 49.0 Å². The van der Waals surface area contributed by atoms with Gasteiger partial charge in [0.2, 0.25) is 0 Å². The van der Waals surface area contributed by atoms with E-state index < -0.39 is 18.1 Å². The normalized spacial score (nSPS) is 15.7. The summed E-state index contributed by atoms with van der Waals surface area (Å²) in [6.07, 6.45) is -2.62. The van der Waals surface area contributed by atoms with Crippen molar-refractivity contribution in [3.63, 3.8) is 0 Å². The molecule has 1 aromatic heterocycles. The molecule has 0 atom stereocenters. The molecule has 1 aromatic carbocycles. The Hall–Kier alpha value is -1.98. The van der Waals surface area contributed by atoms with Gasteiger partial charge in [-0.05, 0) is 45.6 Å². The first-order valence-corrected chi connectivity index (χ1v) is 13.3. The van der Waals surface area contributed by atoms with E-state index >= 15 is 0 Å². The highest BCUT2D eigenvalue weighted by Gasteiger charge is 2.44. The summed E-state index contributed by atoms with van der Waals surface area (Å²) in [7, 11) is 0. The number of amides is 2. The Labute approximate surface area is 212 Å². The average Bonchev–Trinajstić information content (AvgIpc) is 3.22. The highest BCUT2D eigenvalue weighted by molar-refractivity contribution is 9.09. The Morgan fingerprint density at radius 2 is 1.89 bits per heavy atom. The van der Waals surface area contributed by atoms with Gasteiger partial charge in [-0.3, -0.25) is 19.7 Å². The maximum atomic E-state index is 13.1. The number of quaternary nitrogens is 1. The van der Waals surface area contributed by atoms with Crippen molar-refractivity contribution in [2.24, 2.45) is 0 Å². The van der Waals surface area contributed by atoms with Crippen LogP contribution in [0.15, 0.2) is 24.3 Å². The second-order valence-electron chi connectivity index (χ2n) is 9.23. The molecule has 2 amide bonds. The van der Waals surface area contributed by atoms with E-state index in [1.165, 1.54) is 0 Å². The molecule has 1 saturated heterocycles. The van der Waals surface area contributed by atoms with Crippen molar-refractivity contribution >= 4 is 38.6 Å². The third-order valence-electron chi connectivity index (χ3n) is 6.40. The fourth-order valence-electron chi connectivity index (χ4n) is 4.58. The van der Waals surface area contributed by atoms with Gasteiger partial charge in [-0.2, -0.15) is 18.3 Å². The van der Waals surface area contributed by atoms with Crippen molar-refractivity contribution in [2.45, 2.75) is 57.8 Å². The first-order valence-electron chi connectivity index (χ1n) is 12.1. The summed E-state index contributed by atoms with van der Waals surface area (Å²) in [5.74, 6) is -1.86. The Bertz CT molecular complexity index is 1000. The minimum atomic E-state index is -4.85. The van der Waals surface area contributed by atoms with E-state index in [2.05, 4.69) is 25.9 Å². The SMILES string of the molecule is CC(C)n1nc(C(=O)[NH2+]CCN2CCC(N(CCCCBr)C(=O)C(F)(F)F)CC2)c2ccccc21. The summed E-state index contributed by atoms with van der Waals surface area (Å²) >= 11 is 3.28. The fraction of sp³-hybridized carbons (Fsp3) is 0.625. The number of alkyl halides is 4. The second kappa shape index (κ2) is 12.3. The molecule has 1 aliphatic heterocycles. The van der Waals surface area contributed by atoms with Crippen LogP contribution in [0.4, 0.5) is 13.2 Å². The number of carbonyl (C=O) groups excluding carboxylic acids is 2. The van der Waals surface area contributed by atoms with Gasteiger partial charge >= 0.3 is 18.0 Å². The number of hydrogen-bond donors (Lipinski definition) is 1. The van der Waals surface area contributed by atoms with E-state index in [-0.39, 0.29) is 18.5 Å². The van der Waals surface area contributed by atoms with Crippen molar-refractivity contribution in [3.8, 4) is 0 Å². The van der Waals surface area contributed by atoms with Crippen LogP contribution in [0.1, 0.15) is 56.1 Å². The Balaban J connectivity index is 1.52. The molecule has 0 spiro atoms. The van der Waals surface area contributed by atoms with Crippen molar-refractivity contribution < 1.29 is 28.1 Å². The van der Waals surface area contributed by atoms with Crippen LogP contribution in [-0.4, -0.2) is 81.7 Å². The molecular weight excluding hydrogens is 527 g/mol. The molecule has 2 aromatic rings. The highest BCUT2D eigenvalue weighted by Crippen LogP contribution is 2.25. The molecule has 1 aliphatic rings. The number of nitrogens with two attached hydrogens (primary N) is 1. The summed E-state index contributed by atoms with van der Waals surface area (Å²) in [6, 6.07) is 7.39. The number of para-hydroxylation sites is 1. The van der Waals surface area contributed by atoms with E-state index in [0.717, 1.165) is 22.2 Å². The topological polar surface area (TPSA) is 75.1 Å². The Morgan fingerprint density at radius 3 is 2.51 bits per heavy atom. The van der Waals surface area contributed by atoms with Crippen LogP contribution in [-0.2, 0) is 4.79 Å². The zero-order chi connectivity index (χ0) is 25.6. The number of carbonyl (C=O) groups is 2. The van der Waals surface area contributed by atoms with Crippen LogP contribution in [0, 0.1) is 0 Å². The quantitative estimate of drug-likeness (QED) is 0.357. The summed E-state index contributed by atoms with van der Waals surface area (Å²) in [4.78, 5) is 28.0. The van der Waals surface area contributed by atoms with Gasteiger partial charge < -0.3 is 4.90 Å². The predicted octanol–water partition coefficient (Wildman–Crippen LogP) is 3.35. The first kappa shape index (κ1) is 27.6. The number of nitrogens with zero attached hydrogens (tertiary/aromatic N) is 4. The summed E-state index contributed by atoms with van der Waals surface area (Å²) in [5, 5.41) is 7.71. The zero-order valence-corrected chi connectivity index (χ0v) is 21.8. The molecule has 2 N–H and O–H groups in total. The largest absolute Gasteiger partial charge is 0.471 e. The molecule has 11 heteroatoms. The molecule has 0 unspecified atom stereocenters. The standard InChI is InChI=1S/C24H33BrF3N5O2/c1-17(2)33-20-8-4-3-7-19(20)21(30-33)22(34)29-12-16-31-14-9-18(10-15-31)32(13-6-5-11-25)23(35)24(26,27)28/h3-4,7-8,17-18H,5-6,9-16H2,1-2H3,(H,29,34)/p+1. The van der Waals surface area contributed by atoms with E-state index in [9.17, 15) is 22.8 Å². The number of unbranched alkanes of at least 4 members (excludes halogenated alkanes) is 1. The zero-order valence-electron chi connectivity index (χ0n) is 20.2. The highest BCUT2D eigenvalue weighted by atomic mass is 79.9. The van der Waals surface area contributed by atoms with Gasteiger partial charge in [0.15, 0.2) is 5.69 Å². The number of rotatable bonds is 10. The number of piperidine rings is 1. The molecule has 0 aliphatic carbocycles. The van der Waals surface area contributed by atoms with Crippen LogP contribution in [0.5, 0.6) is 0 Å². The Kier molecular flexibility index (Phi) is 9.71. The molecule has 0 bridgehead atoms. The molecule has 0 saturated carbocycles.